The van der Waals surface area contributed by atoms with E-state index in [0.29, 0.717) is 24.5 Å². The molecule has 1 aromatic rings. The SMILES string of the molecule is N=C(N)c1cccc(OCCON)c1. The molecule has 1 aromatic carbocycles. The van der Waals surface area contributed by atoms with Gasteiger partial charge in [-0.25, -0.2) is 5.90 Å². The van der Waals surface area contributed by atoms with E-state index in [-0.39, 0.29) is 5.84 Å². The highest BCUT2D eigenvalue weighted by atomic mass is 16.6. The van der Waals surface area contributed by atoms with Gasteiger partial charge in [0.2, 0.25) is 0 Å². The number of hydrogen-bond donors (Lipinski definition) is 3. The van der Waals surface area contributed by atoms with Gasteiger partial charge in [-0.05, 0) is 12.1 Å². The molecule has 5 nitrogen and oxygen atoms in total. The molecule has 0 fully saturated rings. The van der Waals surface area contributed by atoms with Crippen LogP contribution in [0, 0.1) is 5.41 Å². The molecule has 0 saturated carbocycles. The van der Waals surface area contributed by atoms with E-state index >= 15 is 0 Å². The maximum absolute atomic E-state index is 7.22. The summed E-state index contributed by atoms with van der Waals surface area (Å²) in [5.74, 6) is 5.50. The van der Waals surface area contributed by atoms with Crippen LogP contribution in [0.1, 0.15) is 5.56 Å². The van der Waals surface area contributed by atoms with Crippen molar-refractivity contribution in [2.75, 3.05) is 13.2 Å². The Hall–Kier alpha value is -1.59. The molecule has 0 heterocycles. The van der Waals surface area contributed by atoms with E-state index in [2.05, 4.69) is 4.84 Å². The monoisotopic (exact) mass is 195 g/mol. The number of amidine groups is 1. The number of rotatable bonds is 5. The van der Waals surface area contributed by atoms with Crippen molar-refractivity contribution < 1.29 is 9.57 Å². The van der Waals surface area contributed by atoms with Gasteiger partial charge in [0.1, 0.15) is 24.8 Å². The molecular formula is C9H13N3O2. The number of nitrogen functional groups attached to an aromatic ring is 1. The fraction of sp³-hybridized carbons (Fsp3) is 0.222. The minimum atomic E-state index is 0.0190. The zero-order valence-electron chi connectivity index (χ0n) is 7.69. The Morgan fingerprint density at radius 3 is 2.79 bits per heavy atom. The van der Waals surface area contributed by atoms with Crippen molar-refractivity contribution in [1.82, 2.24) is 0 Å². The van der Waals surface area contributed by atoms with Gasteiger partial charge in [-0.2, -0.15) is 0 Å². The van der Waals surface area contributed by atoms with E-state index in [1.807, 2.05) is 0 Å². The highest BCUT2D eigenvalue weighted by Crippen LogP contribution is 2.12. The first kappa shape index (κ1) is 10.5. The summed E-state index contributed by atoms with van der Waals surface area (Å²) in [5, 5.41) is 7.22. The zero-order chi connectivity index (χ0) is 10.4. The molecule has 5 N–H and O–H groups in total. The van der Waals surface area contributed by atoms with E-state index in [4.69, 9.17) is 21.8 Å². The lowest BCUT2D eigenvalue weighted by Crippen LogP contribution is -2.12. The quantitative estimate of drug-likeness (QED) is 0.271. The van der Waals surface area contributed by atoms with Crippen LogP contribution in [0.25, 0.3) is 0 Å². The lowest BCUT2D eigenvalue weighted by atomic mass is 10.2. The third-order valence-corrected chi connectivity index (χ3v) is 1.61. The standard InChI is InChI=1S/C9H13N3O2/c10-9(11)7-2-1-3-8(6-7)13-4-5-14-12/h1-3,6H,4-5,12H2,(H3,10,11). The summed E-state index contributed by atoms with van der Waals surface area (Å²) in [7, 11) is 0. The van der Waals surface area contributed by atoms with Crippen LogP contribution < -0.4 is 16.4 Å². The second kappa shape index (κ2) is 5.21. The number of nitrogens with two attached hydrogens (primary N) is 2. The number of nitrogens with one attached hydrogen (secondary N) is 1. The Morgan fingerprint density at radius 2 is 2.14 bits per heavy atom. The highest BCUT2D eigenvalue weighted by Gasteiger charge is 1.98. The molecule has 1 rings (SSSR count). The van der Waals surface area contributed by atoms with Crippen LogP contribution in [0.15, 0.2) is 24.3 Å². The second-order valence-electron chi connectivity index (χ2n) is 2.66. The molecule has 0 unspecified atom stereocenters. The molecule has 76 valence electrons. The third kappa shape index (κ3) is 3.04. The van der Waals surface area contributed by atoms with Crippen LogP contribution in [0.2, 0.25) is 0 Å². The molecule has 0 aromatic heterocycles. The third-order valence-electron chi connectivity index (χ3n) is 1.61. The highest BCUT2D eigenvalue weighted by molar-refractivity contribution is 5.95. The largest absolute Gasteiger partial charge is 0.491 e. The predicted octanol–water partition coefficient (Wildman–Crippen LogP) is 0.240. The molecule has 0 aliphatic heterocycles. The van der Waals surface area contributed by atoms with Crippen molar-refractivity contribution >= 4 is 5.84 Å². The molecule has 0 spiro atoms. The van der Waals surface area contributed by atoms with Gasteiger partial charge >= 0.3 is 0 Å². The smallest absolute Gasteiger partial charge is 0.122 e. The summed E-state index contributed by atoms with van der Waals surface area (Å²) in [6.45, 7) is 0.697. The average molecular weight is 195 g/mol. The lowest BCUT2D eigenvalue weighted by molar-refractivity contribution is 0.102. The maximum Gasteiger partial charge on any atom is 0.122 e. The fourth-order valence-electron chi connectivity index (χ4n) is 0.961. The van der Waals surface area contributed by atoms with Gasteiger partial charge < -0.3 is 15.3 Å². The van der Waals surface area contributed by atoms with Gasteiger partial charge in [-0.1, -0.05) is 12.1 Å². The summed E-state index contributed by atoms with van der Waals surface area (Å²) in [6.07, 6.45) is 0. The summed E-state index contributed by atoms with van der Waals surface area (Å²) < 4.78 is 5.28. The van der Waals surface area contributed by atoms with Crippen molar-refractivity contribution in [3.63, 3.8) is 0 Å². The van der Waals surface area contributed by atoms with Gasteiger partial charge in [-0.3, -0.25) is 5.41 Å². The van der Waals surface area contributed by atoms with Crippen LogP contribution >= 0.6 is 0 Å². The summed E-state index contributed by atoms with van der Waals surface area (Å²) >= 11 is 0. The minimum Gasteiger partial charge on any atom is -0.491 e. The predicted molar refractivity (Wildman–Crippen MR) is 53.1 cm³/mol. The average Bonchev–Trinajstić information content (AvgIpc) is 2.19. The van der Waals surface area contributed by atoms with Crippen molar-refractivity contribution in [2.45, 2.75) is 0 Å². The Kier molecular flexibility index (Phi) is 3.90. The minimum absolute atomic E-state index is 0.0190. The molecule has 0 bridgehead atoms. The molecule has 0 atom stereocenters. The summed E-state index contributed by atoms with van der Waals surface area (Å²) in [4.78, 5) is 4.35. The molecule has 5 heteroatoms. The first-order chi connectivity index (χ1) is 6.74. The maximum atomic E-state index is 7.22. The van der Waals surface area contributed by atoms with Crippen LogP contribution in [-0.2, 0) is 4.84 Å². The van der Waals surface area contributed by atoms with Crippen LogP contribution in [-0.4, -0.2) is 19.0 Å². The van der Waals surface area contributed by atoms with Gasteiger partial charge in [0.25, 0.3) is 0 Å². The molecule has 0 aliphatic carbocycles. The molecule has 0 aliphatic rings. The van der Waals surface area contributed by atoms with Crippen LogP contribution in [0.3, 0.4) is 0 Å². The van der Waals surface area contributed by atoms with Crippen LogP contribution in [0.5, 0.6) is 5.75 Å². The molecular weight excluding hydrogens is 182 g/mol. The Labute approximate surface area is 82.1 Å². The molecule has 0 radical (unpaired) electrons. The van der Waals surface area contributed by atoms with Crippen molar-refractivity contribution in [3.8, 4) is 5.75 Å². The first-order valence-corrected chi connectivity index (χ1v) is 4.13. The van der Waals surface area contributed by atoms with Gasteiger partial charge in [-0.15, -0.1) is 0 Å². The topological polar surface area (TPSA) is 94.4 Å². The van der Waals surface area contributed by atoms with E-state index < -0.39 is 0 Å². The lowest BCUT2D eigenvalue weighted by Gasteiger charge is -2.06. The van der Waals surface area contributed by atoms with Crippen molar-refractivity contribution in [1.29, 1.82) is 5.41 Å². The number of benzene rings is 1. The van der Waals surface area contributed by atoms with E-state index in [1.54, 1.807) is 24.3 Å². The zero-order valence-corrected chi connectivity index (χ0v) is 7.69. The first-order valence-electron chi connectivity index (χ1n) is 4.13. The van der Waals surface area contributed by atoms with E-state index in [0.717, 1.165) is 0 Å². The van der Waals surface area contributed by atoms with Crippen molar-refractivity contribution in [2.24, 2.45) is 11.6 Å². The van der Waals surface area contributed by atoms with E-state index in [9.17, 15) is 0 Å². The van der Waals surface area contributed by atoms with Crippen LogP contribution in [0.4, 0.5) is 0 Å². The molecule has 14 heavy (non-hydrogen) atoms. The number of ether oxygens (including phenoxy) is 1. The second-order valence-corrected chi connectivity index (χ2v) is 2.66. The fourth-order valence-corrected chi connectivity index (χ4v) is 0.961. The van der Waals surface area contributed by atoms with Gasteiger partial charge in [0.05, 0.1) is 0 Å². The molecule has 0 saturated heterocycles. The Morgan fingerprint density at radius 1 is 1.36 bits per heavy atom. The van der Waals surface area contributed by atoms with E-state index in [1.165, 1.54) is 0 Å². The number of hydrogen-bond acceptors (Lipinski definition) is 4. The molecule has 0 amide bonds. The van der Waals surface area contributed by atoms with Crippen molar-refractivity contribution in [3.05, 3.63) is 29.8 Å². The Bertz CT molecular complexity index is 315. The van der Waals surface area contributed by atoms with Gasteiger partial charge in [0.15, 0.2) is 0 Å². The summed E-state index contributed by atoms with van der Waals surface area (Å²) in [5.41, 5.74) is 5.96. The summed E-state index contributed by atoms with van der Waals surface area (Å²) in [6, 6.07) is 6.99. The Balaban J connectivity index is 2.59. The normalized spacial score (nSPS) is 9.79. The van der Waals surface area contributed by atoms with Gasteiger partial charge in [0, 0.05) is 5.56 Å².